The predicted molar refractivity (Wildman–Crippen MR) is 67.4 cm³/mol. The molecule has 1 N–H and O–H groups in total. The number of hydrogen-bond acceptors (Lipinski definition) is 5. The summed E-state index contributed by atoms with van der Waals surface area (Å²) in [5, 5.41) is 3.28. The molecule has 0 aromatic carbocycles. The second kappa shape index (κ2) is 5.42. The van der Waals surface area contributed by atoms with E-state index in [2.05, 4.69) is 20.2 Å². The molecule has 0 spiro atoms. The first-order valence-electron chi connectivity index (χ1n) is 5.79. The fourth-order valence-corrected chi connectivity index (χ4v) is 2.13. The summed E-state index contributed by atoms with van der Waals surface area (Å²) < 4.78 is 5.36. The molecule has 0 radical (unpaired) electrons. The SMILES string of the molecule is C.c1cnc(N2CCOCC2)c(C2CNC2)n1. The van der Waals surface area contributed by atoms with Crippen molar-refractivity contribution in [1.29, 1.82) is 0 Å². The number of nitrogens with zero attached hydrogens (tertiary/aromatic N) is 3. The maximum Gasteiger partial charge on any atom is 0.150 e. The second-order valence-electron chi connectivity index (χ2n) is 4.22. The van der Waals surface area contributed by atoms with Crippen LogP contribution in [0.1, 0.15) is 19.0 Å². The first-order valence-corrected chi connectivity index (χ1v) is 5.79. The molecule has 17 heavy (non-hydrogen) atoms. The van der Waals surface area contributed by atoms with Gasteiger partial charge in [0, 0.05) is 44.5 Å². The van der Waals surface area contributed by atoms with Crippen molar-refractivity contribution in [3.63, 3.8) is 0 Å². The summed E-state index contributed by atoms with van der Waals surface area (Å²) >= 11 is 0. The summed E-state index contributed by atoms with van der Waals surface area (Å²) in [5.74, 6) is 1.59. The molecule has 2 aliphatic rings. The number of morpholine rings is 1. The van der Waals surface area contributed by atoms with Gasteiger partial charge in [-0.2, -0.15) is 0 Å². The van der Waals surface area contributed by atoms with E-state index in [9.17, 15) is 0 Å². The molecular weight excluding hydrogens is 216 g/mol. The summed E-state index contributed by atoms with van der Waals surface area (Å²) in [4.78, 5) is 11.3. The van der Waals surface area contributed by atoms with Gasteiger partial charge in [-0.3, -0.25) is 4.98 Å². The van der Waals surface area contributed by atoms with Gasteiger partial charge in [-0.25, -0.2) is 4.98 Å². The van der Waals surface area contributed by atoms with E-state index in [-0.39, 0.29) is 7.43 Å². The highest BCUT2D eigenvalue weighted by atomic mass is 16.5. The third-order valence-electron chi connectivity index (χ3n) is 3.18. The molecule has 5 nitrogen and oxygen atoms in total. The van der Waals surface area contributed by atoms with Gasteiger partial charge in [-0.1, -0.05) is 7.43 Å². The van der Waals surface area contributed by atoms with Crippen molar-refractivity contribution >= 4 is 5.82 Å². The van der Waals surface area contributed by atoms with Gasteiger partial charge in [0.2, 0.25) is 0 Å². The minimum atomic E-state index is 0. The molecule has 2 aliphatic heterocycles. The van der Waals surface area contributed by atoms with Crippen molar-refractivity contribution in [2.24, 2.45) is 0 Å². The van der Waals surface area contributed by atoms with E-state index in [0.717, 1.165) is 50.9 Å². The molecule has 1 aromatic rings. The molecule has 3 rings (SSSR count). The summed E-state index contributed by atoms with van der Waals surface area (Å²) in [6.45, 7) is 5.47. The lowest BCUT2D eigenvalue weighted by atomic mass is 9.98. The van der Waals surface area contributed by atoms with Gasteiger partial charge in [0.25, 0.3) is 0 Å². The van der Waals surface area contributed by atoms with Crippen molar-refractivity contribution in [1.82, 2.24) is 15.3 Å². The molecule has 0 amide bonds. The molecule has 0 saturated carbocycles. The summed E-state index contributed by atoms with van der Waals surface area (Å²) in [6, 6.07) is 0. The highest BCUT2D eigenvalue weighted by Gasteiger charge is 2.26. The van der Waals surface area contributed by atoms with Gasteiger partial charge in [-0.05, 0) is 0 Å². The lowest BCUT2D eigenvalue weighted by Gasteiger charge is -2.33. The van der Waals surface area contributed by atoms with Crippen molar-refractivity contribution in [3.05, 3.63) is 18.1 Å². The highest BCUT2D eigenvalue weighted by Crippen LogP contribution is 2.26. The summed E-state index contributed by atoms with van der Waals surface area (Å²) in [7, 11) is 0. The molecule has 0 aliphatic carbocycles. The van der Waals surface area contributed by atoms with Crippen LogP contribution in [0.2, 0.25) is 0 Å². The van der Waals surface area contributed by atoms with E-state index in [1.165, 1.54) is 0 Å². The Morgan fingerprint density at radius 1 is 1.18 bits per heavy atom. The van der Waals surface area contributed by atoms with Crippen molar-refractivity contribution in [2.45, 2.75) is 13.3 Å². The molecule has 5 heteroatoms. The molecule has 2 saturated heterocycles. The Morgan fingerprint density at radius 2 is 1.88 bits per heavy atom. The number of rotatable bonds is 2. The zero-order chi connectivity index (χ0) is 10.8. The van der Waals surface area contributed by atoms with Crippen LogP contribution >= 0.6 is 0 Å². The first kappa shape index (κ1) is 12.3. The zero-order valence-corrected chi connectivity index (χ0v) is 9.22. The van der Waals surface area contributed by atoms with Crippen LogP contribution < -0.4 is 10.2 Å². The minimum absolute atomic E-state index is 0. The monoisotopic (exact) mass is 236 g/mol. The van der Waals surface area contributed by atoms with Crippen molar-refractivity contribution in [3.8, 4) is 0 Å². The third kappa shape index (κ3) is 2.40. The maximum absolute atomic E-state index is 5.36. The van der Waals surface area contributed by atoms with E-state index in [1.807, 2.05) is 0 Å². The largest absolute Gasteiger partial charge is 0.378 e. The van der Waals surface area contributed by atoms with E-state index < -0.39 is 0 Å². The first-order chi connectivity index (χ1) is 7.95. The number of hydrogen-bond donors (Lipinski definition) is 1. The number of ether oxygens (including phenoxy) is 1. The Hall–Kier alpha value is -1.20. The Kier molecular flexibility index (Phi) is 3.91. The van der Waals surface area contributed by atoms with E-state index >= 15 is 0 Å². The normalized spacial score (nSPS) is 20.6. The Morgan fingerprint density at radius 3 is 2.53 bits per heavy atom. The molecule has 94 valence electrons. The van der Waals surface area contributed by atoms with Gasteiger partial charge >= 0.3 is 0 Å². The minimum Gasteiger partial charge on any atom is -0.378 e. The number of aromatic nitrogens is 2. The van der Waals surface area contributed by atoms with Crippen LogP contribution in [0.4, 0.5) is 5.82 Å². The Labute approximate surface area is 102 Å². The quantitative estimate of drug-likeness (QED) is 0.816. The predicted octanol–water partition coefficient (Wildman–Crippen LogP) is 0.636. The smallest absolute Gasteiger partial charge is 0.150 e. The van der Waals surface area contributed by atoms with E-state index in [4.69, 9.17) is 4.74 Å². The lowest BCUT2D eigenvalue weighted by molar-refractivity contribution is 0.122. The van der Waals surface area contributed by atoms with Crippen LogP contribution in [0.25, 0.3) is 0 Å². The fraction of sp³-hybridized carbons (Fsp3) is 0.667. The molecule has 0 atom stereocenters. The second-order valence-corrected chi connectivity index (χ2v) is 4.22. The van der Waals surface area contributed by atoms with Crippen LogP contribution in [0.15, 0.2) is 12.4 Å². The zero-order valence-electron chi connectivity index (χ0n) is 9.22. The third-order valence-corrected chi connectivity index (χ3v) is 3.18. The number of nitrogens with one attached hydrogen (secondary N) is 1. The summed E-state index contributed by atoms with van der Waals surface area (Å²) in [5.41, 5.74) is 1.14. The maximum atomic E-state index is 5.36. The van der Waals surface area contributed by atoms with Crippen LogP contribution in [-0.4, -0.2) is 49.4 Å². The van der Waals surface area contributed by atoms with Crippen LogP contribution in [0, 0.1) is 0 Å². The highest BCUT2D eigenvalue weighted by molar-refractivity contribution is 5.46. The van der Waals surface area contributed by atoms with Gasteiger partial charge in [0.05, 0.1) is 18.9 Å². The van der Waals surface area contributed by atoms with E-state index in [0.29, 0.717) is 5.92 Å². The molecule has 0 unspecified atom stereocenters. The van der Waals surface area contributed by atoms with Crippen molar-refractivity contribution < 1.29 is 4.74 Å². The average molecular weight is 236 g/mol. The summed E-state index contributed by atoms with van der Waals surface area (Å²) in [6.07, 6.45) is 3.57. The molecular formula is C12H20N4O. The molecule has 0 bridgehead atoms. The van der Waals surface area contributed by atoms with Gasteiger partial charge in [0.15, 0.2) is 5.82 Å². The van der Waals surface area contributed by atoms with Crippen LogP contribution in [-0.2, 0) is 4.74 Å². The Balaban J connectivity index is 0.00000108. The lowest BCUT2D eigenvalue weighted by Crippen LogP contribution is -2.43. The van der Waals surface area contributed by atoms with E-state index in [1.54, 1.807) is 12.4 Å². The number of anilines is 1. The van der Waals surface area contributed by atoms with Crippen molar-refractivity contribution in [2.75, 3.05) is 44.3 Å². The molecule has 2 fully saturated rings. The van der Waals surface area contributed by atoms with Gasteiger partial charge in [-0.15, -0.1) is 0 Å². The fourth-order valence-electron chi connectivity index (χ4n) is 2.13. The topological polar surface area (TPSA) is 50.3 Å². The van der Waals surface area contributed by atoms with Crippen LogP contribution in [0.5, 0.6) is 0 Å². The Bertz CT molecular complexity index is 361. The molecule has 3 heterocycles. The average Bonchev–Trinajstić information content (AvgIpc) is 2.29. The molecule has 1 aromatic heterocycles. The van der Waals surface area contributed by atoms with Crippen LogP contribution in [0.3, 0.4) is 0 Å². The standard InChI is InChI=1S/C11H16N4O.CH4/c1-2-14-11(15-3-5-16-6-4-15)10(13-1)9-7-12-8-9;/h1-2,9,12H,3-8H2;1H4. The van der Waals surface area contributed by atoms with Gasteiger partial charge < -0.3 is 15.0 Å². The van der Waals surface area contributed by atoms with Gasteiger partial charge in [0.1, 0.15) is 0 Å².